The Hall–Kier alpha value is -0.860. The highest BCUT2D eigenvalue weighted by molar-refractivity contribution is 14.0. The van der Waals surface area contributed by atoms with Crippen molar-refractivity contribution in [3.63, 3.8) is 0 Å². The molecule has 1 aliphatic rings. The quantitative estimate of drug-likeness (QED) is 0.465. The van der Waals surface area contributed by atoms with E-state index in [1.54, 1.807) is 7.05 Å². The fraction of sp³-hybridized carbons (Fsp3) is 0.769. The first-order valence-electron chi connectivity index (χ1n) is 6.76. The van der Waals surface area contributed by atoms with Gasteiger partial charge in [0, 0.05) is 19.0 Å². The molecule has 0 aliphatic heterocycles. The maximum atomic E-state index is 5.24. The first-order chi connectivity index (χ1) is 8.99. The second-order valence-corrected chi connectivity index (χ2v) is 6.02. The van der Waals surface area contributed by atoms with Gasteiger partial charge in [0.1, 0.15) is 0 Å². The minimum atomic E-state index is -0.114. The molecule has 2 N–H and O–H groups in total. The summed E-state index contributed by atoms with van der Waals surface area (Å²) in [5, 5.41) is 10.4. The molecule has 0 saturated heterocycles. The van der Waals surface area contributed by atoms with Crippen LogP contribution in [0.4, 0.5) is 0 Å². The van der Waals surface area contributed by atoms with E-state index in [0.29, 0.717) is 18.3 Å². The molecule has 6 nitrogen and oxygen atoms in total. The summed E-state index contributed by atoms with van der Waals surface area (Å²) < 4.78 is 5.24. The zero-order valence-corrected chi connectivity index (χ0v) is 14.9. The predicted octanol–water partition coefficient (Wildman–Crippen LogP) is 2.06. The van der Waals surface area contributed by atoms with Crippen LogP contribution in [0.1, 0.15) is 45.3 Å². The molecule has 7 heteroatoms. The number of hydrogen-bond acceptors (Lipinski definition) is 4. The molecule has 1 aromatic heterocycles. The zero-order chi connectivity index (χ0) is 13.9. The van der Waals surface area contributed by atoms with Crippen LogP contribution < -0.4 is 10.6 Å². The van der Waals surface area contributed by atoms with Crippen molar-refractivity contribution >= 4 is 29.9 Å². The van der Waals surface area contributed by atoms with E-state index in [-0.39, 0.29) is 29.4 Å². The Morgan fingerprint density at radius 1 is 1.35 bits per heavy atom. The molecule has 20 heavy (non-hydrogen) atoms. The van der Waals surface area contributed by atoms with Crippen LogP contribution in [-0.2, 0) is 12.0 Å². The highest BCUT2D eigenvalue weighted by Gasteiger charge is 2.22. The summed E-state index contributed by atoms with van der Waals surface area (Å²) in [6, 6.07) is 0. The van der Waals surface area contributed by atoms with Crippen LogP contribution in [-0.4, -0.2) is 29.7 Å². The maximum absolute atomic E-state index is 5.24. The standard InChI is InChI=1S/C13H23N5O.HI/c1-13(2,3)11-17-10(18-19-11)8-16-12(14-4)15-7-9-5-6-9;/h9H,5-8H2,1-4H3,(H2,14,15,16);1H. The summed E-state index contributed by atoms with van der Waals surface area (Å²) in [5.41, 5.74) is -0.114. The summed E-state index contributed by atoms with van der Waals surface area (Å²) in [6.07, 6.45) is 2.65. The third-order valence-electron chi connectivity index (χ3n) is 3.00. The molecule has 0 unspecified atom stereocenters. The first kappa shape index (κ1) is 17.2. The van der Waals surface area contributed by atoms with Crippen molar-refractivity contribution in [3.05, 3.63) is 11.7 Å². The van der Waals surface area contributed by atoms with Gasteiger partial charge in [0.2, 0.25) is 5.89 Å². The lowest BCUT2D eigenvalue weighted by Gasteiger charge is -2.11. The minimum absolute atomic E-state index is 0. The lowest BCUT2D eigenvalue weighted by atomic mass is 9.97. The summed E-state index contributed by atoms with van der Waals surface area (Å²) in [5.74, 6) is 2.91. The number of aliphatic imine (C=N–C) groups is 1. The number of halogens is 1. The molecule has 0 amide bonds. The van der Waals surface area contributed by atoms with E-state index in [1.165, 1.54) is 12.8 Å². The summed E-state index contributed by atoms with van der Waals surface area (Å²) >= 11 is 0. The van der Waals surface area contributed by atoms with Crippen molar-refractivity contribution in [1.82, 2.24) is 20.8 Å². The second kappa shape index (κ2) is 7.24. The molecule has 0 radical (unpaired) electrons. The van der Waals surface area contributed by atoms with Gasteiger partial charge in [0.15, 0.2) is 11.8 Å². The molecule has 0 aromatic carbocycles. The second-order valence-electron chi connectivity index (χ2n) is 6.02. The fourth-order valence-electron chi connectivity index (χ4n) is 1.58. The van der Waals surface area contributed by atoms with Gasteiger partial charge in [-0.3, -0.25) is 4.99 Å². The van der Waals surface area contributed by atoms with Crippen molar-refractivity contribution in [1.29, 1.82) is 0 Å². The molecule has 1 heterocycles. The SMILES string of the molecule is CN=C(NCc1noc(C(C)(C)C)n1)NCC1CC1.I. The van der Waals surface area contributed by atoms with Gasteiger partial charge in [-0.25, -0.2) is 0 Å². The van der Waals surface area contributed by atoms with E-state index >= 15 is 0 Å². The number of hydrogen-bond donors (Lipinski definition) is 2. The molecule has 0 atom stereocenters. The Morgan fingerprint density at radius 3 is 2.55 bits per heavy atom. The van der Waals surface area contributed by atoms with Gasteiger partial charge in [0.25, 0.3) is 0 Å². The lowest BCUT2D eigenvalue weighted by molar-refractivity contribution is 0.318. The van der Waals surface area contributed by atoms with Crippen LogP contribution in [0.2, 0.25) is 0 Å². The van der Waals surface area contributed by atoms with Crippen LogP contribution in [0.5, 0.6) is 0 Å². The molecule has 0 spiro atoms. The largest absolute Gasteiger partial charge is 0.356 e. The molecule has 1 aliphatic carbocycles. The first-order valence-corrected chi connectivity index (χ1v) is 6.76. The van der Waals surface area contributed by atoms with Crippen LogP contribution in [0.3, 0.4) is 0 Å². The molecule has 114 valence electrons. The summed E-state index contributed by atoms with van der Waals surface area (Å²) in [4.78, 5) is 8.54. The number of aromatic nitrogens is 2. The average molecular weight is 393 g/mol. The molecule has 1 aromatic rings. The van der Waals surface area contributed by atoms with Gasteiger partial charge in [-0.15, -0.1) is 24.0 Å². The van der Waals surface area contributed by atoms with Crippen LogP contribution in [0, 0.1) is 5.92 Å². The molecule has 2 rings (SSSR count). The van der Waals surface area contributed by atoms with Crippen LogP contribution in [0.15, 0.2) is 9.52 Å². The predicted molar refractivity (Wildman–Crippen MR) is 89.3 cm³/mol. The summed E-state index contributed by atoms with van der Waals surface area (Å²) in [6.45, 7) is 7.65. The van der Waals surface area contributed by atoms with Gasteiger partial charge in [-0.2, -0.15) is 4.98 Å². The minimum Gasteiger partial charge on any atom is -0.356 e. The molecule has 0 bridgehead atoms. The van der Waals surface area contributed by atoms with Crippen LogP contribution >= 0.6 is 24.0 Å². The van der Waals surface area contributed by atoms with Crippen LogP contribution in [0.25, 0.3) is 0 Å². The fourth-order valence-corrected chi connectivity index (χ4v) is 1.58. The Kier molecular flexibility index (Phi) is 6.22. The monoisotopic (exact) mass is 393 g/mol. The Bertz CT molecular complexity index is 448. The Labute approximate surface area is 137 Å². The van der Waals surface area contributed by atoms with E-state index in [2.05, 4.69) is 25.8 Å². The van der Waals surface area contributed by atoms with Gasteiger partial charge >= 0.3 is 0 Å². The van der Waals surface area contributed by atoms with E-state index in [0.717, 1.165) is 18.4 Å². The molecule has 1 fully saturated rings. The normalized spacial score (nSPS) is 15.7. The highest BCUT2D eigenvalue weighted by atomic mass is 127. The lowest BCUT2D eigenvalue weighted by Crippen LogP contribution is -2.38. The third-order valence-corrected chi connectivity index (χ3v) is 3.00. The van der Waals surface area contributed by atoms with Gasteiger partial charge in [-0.1, -0.05) is 25.9 Å². The van der Waals surface area contributed by atoms with E-state index in [4.69, 9.17) is 4.52 Å². The van der Waals surface area contributed by atoms with E-state index in [9.17, 15) is 0 Å². The van der Waals surface area contributed by atoms with Gasteiger partial charge in [-0.05, 0) is 18.8 Å². The topological polar surface area (TPSA) is 75.3 Å². The highest BCUT2D eigenvalue weighted by Crippen LogP contribution is 2.27. The van der Waals surface area contributed by atoms with Crippen molar-refractivity contribution in [3.8, 4) is 0 Å². The van der Waals surface area contributed by atoms with E-state index in [1.807, 2.05) is 20.8 Å². The van der Waals surface area contributed by atoms with E-state index < -0.39 is 0 Å². The van der Waals surface area contributed by atoms with Crippen molar-refractivity contribution < 1.29 is 4.52 Å². The Morgan fingerprint density at radius 2 is 2.05 bits per heavy atom. The smallest absolute Gasteiger partial charge is 0.232 e. The van der Waals surface area contributed by atoms with Crippen molar-refractivity contribution in [2.24, 2.45) is 10.9 Å². The number of rotatable bonds is 4. The Balaban J connectivity index is 0.00000200. The number of guanidine groups is 1. The molecular weight excluding hydrogens is 369 g/mol. The molecule has 1 saturated carbocycles. The number of nitrogens with one attached hydrogen (secondary N) is 2. The molecular formula is C13H24IN5O. The zero-order valence-electron chi connectivity index (χ0n) is 12.6. The number of nitrogens with zero attached hydrogens (tertiary/aromatic N) is 3. The summed E-state index contributed by atoms with van der Waals surface area (Å²) in [7, 11) is 1.76. The van der Waals surface area contributed by atoms with Gasteiger partial charge < -0.3 is 15.2 Å². The third kappa shape index (κ3) is 5.26. The average Bonchev–Trinajstić information content (AvgIpc) is 3.04. The van der Waals surface area contributed by atoms with Gasteiger partial charge in [0.05, 0.1) is 6.54 Å². The van der Waals surface area contributed by atoms with Crippen molar-refractivity contribution in [2.45, 2.75) is 45.6 Å². The van der Waals surface area contributed by atoms with Crippen molar-refractivity contribution in [2.75, 3.05) is 13.6 Å². The maximum Gasteiger partial charge on any atom is 0.232 e.